The van der Waals surface area contributed by atoms with Crippen molar-refractivity contribution in [1.29, 1.82) is 0 Å². The third-order valence-electron chi connectivity index (χ3n) is 2.96. The van der Waals surface area contributed by atoms with Crippen LogP contribution in [0.3, 0.4) is 0 Å². The Bertz CT molecular complexity index is 395. The van der Waals surface area contributed by atoms with Gasteiger partial charge in [-0.3, -0.25) is 9.69 Å². The minimum Gasteiger partial charge on any atom is -0.355 e. The minimum absolute atomic E-state index is 0.0632. The lowest BCUT2D eigenvalue weighted by atomic mass is 10.1. The largest absolute Gasteiger partial charge is 0.355 e. The SMILES string of the molecule is CCCNC(=O)CN(C)C(C)c1cccc(Cl)c1. The number of likely N-dealkylation sites (N-methyl/N-ethyl adjacent to an activating group) is 1. The molecular weight excluding hydrogens is 248 g/mol. The van der Waals surface area contributed by atoms with E-state index in [-0.39, 0.29) is 11.9 Å². The average Bonchev–Trinajstić information content (AvgIpc) is 2.35. The first-order valence-corrected chi connectivity index (χ1v) is 6.64. The summed E-state index contributed by atoms with van der Waals surface area (Å²) in [5.41, 5.74) is 1.12. The van der Waals surface area contributed by atoms with Crippen molar-refractivity contribution in [2.45, 2.75) is 26.3 Å². The van der Waals surface area contributed by atoms with Crippen molar-refractivity contribution in [3.63, 3.8) is 0 Å². The van der Waals surface area contributed by atoms with Gasteiger partial charge in [-0.2, -0.15) is 0 Å². The van der Waals surface area contributed by atoms with Crippen LogP contribution >= 0.6 is 11.6 Å². The van der Waals surface area contributed by atoms with E-state index in [1.54, 1.807) is 0 Å². The Balaban J connectivity index is 2.55. The lowest BCUT2D eigenvalue weighted by Gasteiger charge is -2.24. The van der Waals surface area contributed by atoms with Crippen LogP contribution in [0.4, 0.5) is 0 Å². The molecule has 0 fully saturated rings. The van der Waals surface area contributed by atoms with Gasteiger partial charge < -0.3 is 5.32 Å². The maximum atomic E-state index is 11.6. The van der Waals surface area contributed by atoms with Crippen molar-refractivity contribution in [1.82, 2.24) is 10.2 Å². The van der Waals surface area contributed by atoms with Crippen molar-refractivity contribution in [3.05, 3.63) is 34.9 Å². The molecule has 0 aromatic heterocycles. The molecule has 1 rings (SSSR count). The number of nitrogens with one attached hydrogen (secondary N) is 1. The van der Waals surface area contributed by atoms with Crippen LogP contribution in [0.5, 0.6) is 0 Å². The fourth-order valence-electron chi connectivity index (χ4n) is 1.70. The molecule has 1 unspecified atom stereocenters. The first kappa shape index (κ1) is 15.0. The van der Waals surface area contributed by atoms with Gasteiger partial charge in [0.1, 0.15) is 0 Å². The molecule has 0 aliphatic carbocycles. The maximum Gasteiger partial charge on any atom is 0.234 e. The monoisotopic (exact) mass is 268 g/mol. The van der Waals surface area contributed by atoms with Gasteiger partial charge in [-0.25, -0.2) is 0 Å². The van der Waals surface area contributed by atoms with Gasteiger partial charge in [-0.05, 0) is 38.1 Å². The first-order chi connectivity index (χ1) is 8.54. The van der Waals surface area contributed by atoms with Crippen LogP contribution in [0.1, 0.15) is 31.9 Å². The van der Waals surface area contributed by atoms with Crippen LogP contribution in [0.2, 0.25) is 5.02 Å². The standard InChI is InChI=1S/C14H21ClN2O/c1-4-8-16-14(18)10-17(3)11(2)12-6-5-7-13(15)9-12/h5-7,9,11H,4,8,10H2,1-3H3,(H,16,18). The number of nitrogens with zero attached hydrogens (tertiary/aromatic N) is 1. The van der Waals surface area contributed by atoms with E-state index < -0.39 is 0 Å². The molecule has 0 saturated heterocycles. The summed E-state index contributed by atoms with van der Waals surface area (Å²) < 4.78 is 0. The van der Waals surface area contributed by atoms with E-state index in [4.69, 9.17) is 11.6 Å². The molecule has 0 heterocycles. The van der Waals surface area contributed by atoms with Crippen LogP contribution in [0.25, 0.3) is 0 Å². The third-order valence-corrected chi connectivity index (χ3v) is 3.19. The van der Waals surface area contributed by atoms with E-state index in [0.29, 0.717) is 6.54 Å². The number of halogens is 1. The summed E-state index contributed by atoms with van der Waals surface area (Å²) in [6.45, 7) is 5.24. The van der Waals surface area contributed by atoms with Gasteiger partial charge in [0.15, 0.2) is 0 Å². The lowest BCUT2D eigenvalue weighted by molar-refractivity contribution is -0.122. The molecule has 0 saturated carbocycles. The number of carbonyl (C=O) groups is 1. The summed E-state index contributed by atoms with van der Waals surface area (Å²) in [6.07, 6.45) is 0.958. The molecule has 18 heavy (non-hydrogen) atoms. The summed E-state index contributed by atoms with van der Waals surface area (Å²) in [7, 11) is 1.94. The quantitative estimate of drug-likeness (QED) is 0.860. The summed E-state index contributed by atoms with van der Waals surface area (Å²) >= 11 is 5.97. The Morgan fingerprint density at radius 1 is 1.50 bits per heavy atom. The van der Waals surface area contributed by atoms with E-state index in [1.807, 2.05) is 43.1 Å². The van der Waals surface area contributed by atoms with Gasteiger partial charge in [0, 0.05) is 17.6 Å². The van der Waals surface area contributed by atoms with Crippen molar-refractivity contribution in [3.8, 4) is 0 Å². The Morgan fingerprint density at radius 3 is 2.83 bits per heavy atom. The summed E-state index contributed by atoms with van der Waals surface area (Å²) in [4.78, 5) is 13.6. The Labute approximate surface area is 114 Å². The van der Waals surface area contributed by atoms with Gasteiger partial charge in [0.05, 0.1) is 6.54 Å². The van der Waals surface area contributed by atoms with Crippen LogP contribution in [0, 0.1) is 0 Å². The van der Waals surface area contributed by atoms with E-state index in [1.165, 1.54) is 0 Å². The highest BCUT2D eigenvalue weighted by Gasteiger charge is 2.14. The zero-order valence-corrected chi connectivity index (χ0v) is 12.0. The van der Waals surface area contributed by atoms with Crippen LogP contribution in [-0.4, -0.2) is 30.9 Å². The van der Waals surface area contributed by atoms with E-state index in [0.717, 1.165) is 23.6 Å². The fourth-order valence-corrected chi connectivity index (χ4v) is 1.90. The molecule has 4 heteroatoms. The molecule has 0 radical (unpaired) electrons. The van der Waals surface area contributed by atoms with E-state index in [9.17, 15) is 4.79 Å². The summed E-state index contributed by atoms with van der Waals surface area (Å²) in [6, 6.07) is 7.91. The minimum atomic E-state index is 0.0632. The zero-order chi connectivity index (χ0) is 13.5. The molecule has 0 aliphatic rings. The molecule has 1 atom stereocenters. The van der Waals surface area contributed by atoms with Crippen molar-refractivity contribution in [2.75, 3.05) is 20.1 Å². The Morgan fingerprint density at radius 2 is 2.22 bits per heavy atom. The lowest BCUT2D eigenvalue weighted by Crippen LogP contribution is -2.36. The second-order valence-corrected chi connectivity index (χ2v) is 4.93. The molecule has 1 N–H and O–H groups in total. The molecule has 0 aliphatic heterocycles. The van der Waals surface area contributed by atoms with Gasteiger partial charge in [-0.15, -0.1) is 0 Å². The topological polar surface area (TPSA) is 32.3 Å². The van der Waals surface area contributed by atoms with Gasteiger partial charge in [0.25, 0.3) is 0 Å². The predicted octanol–water partition coefficient (Wildman–Crippen LogP) is 2.86. The number of carbonyl (C=O) groups excluding carboxylic acids is 1. The highest BCUT2D eigenvalue weighted by molar-refractivity contribution is 6.30. The number of hydrogen-bond donors (Lipinski definition) is 1. The number of benzene rings is 1. The second-order valence-electron chi connectivity index (χ2n) is 4.50. The van der Waals surface area contributed by atoms with E-state index in [2.05, 4.69) is 12.2 Å². The molecule has 100 valence electrons. The average molecular weight is 269 g/mol. The third kappa shape index (κ3) is 4.67. The number of rotatable bonds is 6. The summed E-state index contributed by atoms with van der Waals surface area (Å²) in [5, 5.41) is 3.60. The highest BCUT2D eigenvalue weighted by atomic mass is 35.5. The molecule has 1 amide bonds. The Kier molecular flexibility index (Phi) is 6.16. The number of hydrogen-bond acceptors (Lipinski definition) is 2. The molecular formula is C14H21ClN2O. The van der Waals surface area contributed by atoms with Gasteiger partial charge >= 0.3 is 0 Å². The maximum absolute atomic E-state index is 11.6. The van der Waals surface area contributed by atoms with Crippen molar-refractivity contribution >= 4 is 17.5 Å². The van der Waals surface area contributed by atoms with Crippen molar-refractivity contribution < 1.29 is 4.79 Å². The second kappa shape index (κ2) is 7.39. The normalized spacial score (nSPS) is 12.5. The Hall–Kier alpha value is -1.06. The first-order valence-electron chi connectivity index (χ1n) is 6.27. The highest BCUT2D eigenvalue weighted by Crippen LogP contribution is 2.21. The molecule has 0 bridgehead atoms. The molecule has 0 spiro atoms. The smallest absolute Gasteiger partial charge is 0.234 e. The van der Waals surface area contributed by atoms with Crippen LogP contribution in [-0.2, 0) is 4.79 Å². The zero-order valence-electron chi connectivity index (χ0n) is 11.2. The predicted molar refractivity (Wildman–Crippen MR) is 75.8 cm³/mol. The van der Waals surface area contributed by atoms with Gasteiger partial charge in [-0.1, -0.05) is 30.7 Å². The molecule has 3 nitrogen and oxygen atoms in total. The summed E-state index contributed by atoms with van der Waals surface area (Å²) in [5.74, 6) is 0.0632. The fraction of sp³-hybridized carbons (Fsp3) is 0.500. The molecule has 1 aromatic rings. The van der Waals surface area contributed by atoms with Gasteiger partial charge in [0.2, 0.25) is 5.91 Å². The number of amides is 1. The van der Waals surface area contributed by atoms with Crippen LogP contribution in [0.15, 0.2) is 24.3 Å². The van der Waals surface area contributed by atoms with E-state index >= 15 is 0 Å². The van der Waals surface area contributed by atoms with Crippen molar-refractivity contribution in [2.24, 2.45) is 0 Å². The molecule has 1 aromatic carbocycles. The van der Waals surface area contributed by atoms with Crippen LogP contribution < -0.4 is 5.32 Å².